The molecule has 1 aromatic heterocycles. The number of aryl methyl sites for hydroxylation is 1. The van der Waals surface area contributed by atoms with Crippen LogP contribution >= 0.6 is 0 Å². The standard InChI is InChI=1S/C5H6O.C2H8OSi.C2H6O/c1-5-3-2-4-6-5;1-2-3-4;1-3-2/h2-4H,1H3;2H2,1,4H3;1-2H3. The highest BCUT2D eigenvalue weighted by Crippen LogP contribution is 1.93. The summed E-state index contributed by atoms with van der Waals surface area (Å²) in [5.74, 6) is 0.968. The first kappa shape index (κ1) is 14.9. The fraction of sp³-hybridized carbons (Fsp3) is 0.556. The lowest BCUT2D eigenvalue weighted by Gasteiger charge is -1.77. The number of rotatable bonds is 1. The van der Waals surface area contributed by atoms with Crippen LogP contribution in [0.4, 0.5) is 0 Å². The third-order valence-corrected chi connectivity index (χ3v) is 1.53. The molecule has 4 heteroatoms. The van der Waals surface area contributed by atoms with Crippen LogP contribution in [-0.2, 0) is 9.16 Å². The van der Waals surface area contributed by atoms with Crippen LogP contribution in [0.15, 0.2) is 22.8 Å². The maximum absolute atomic E-state index is 4.83. The molecule has 0 amide bonds. The highest BCUT2D eigenvalue weighted by Gasteiger charge is 1.75. The summed E-state index contributed by atoms with van der Waals surface area (Å²) in [4.78, 5) is 0. The first-order chi connectivity index (χ1) is 6.22. The van der Waals surface area contributed by atoms with E-state index in [-0.39, 0.29) is 0 Å². The second-order valence-corrected chi connectivity index (χ2v) is 2.79. The molecule has 0 bridgehead atoms. The monoisotopic (exact) mass is 204 g/mol. The first-order valence-corrected chi connectivity index (χ1v) is 4.93. The van der Waals surface area contributed by atoms with Gasteiger partial charge < -0.3 is 13.6 Å². The van der Waals surface area contributed by atoms with Gasteiger partial charge in [0, 0.05) is 20.8 Å². The average molecular weight is 204 g/mol. The SMILES string of the molecule is CCO[SiH3].COC.Cc1ccco1. The molecule has 3 nitrogen and oxygen atoms in total. The van der Waals surface area contributed by atoms with Crippen LogP contribution in [0.1, 0.15) is 12.7 Å². The van der Waals surface area contributed by atoms with Crippen LogP contribution in [0.2, 0.25) is 0 Å². The van der Waals surface area contributed by atoms with Gasteiger partial charge in [0.15, 0.2) is 0 Å². The van der Waals surface area contributed by atoms with Crippen molar-refractivity contribution in [2.75, 3.05) is 20.8 Å². The van der Waals surface area contributed by atoms with E-state index >= 15 is 0 Å². The molecule has 13 heavy (non-hydrogen) atoms. The van der Waals surface area contributed by atoms with E-state index in [9.17, 15) is 0 Å². The molecule has 0 aliphatic heterocycles. The van der Waals surface area contributed by atoms with Gasteiger partial charge in [-0.3, -0.25) is 0 Å². The molecule has 78 valence electrons. The van der Waals surface area contributed by atoms with Gasteiger partial charge in [0.1, 0.15) is 16.2 Å². The van der Waals surface area contributed by atoms with Crippen LogP contribution in [0.5, 0.6) is 0 Å². The molecule has 0 aliphatic carbocycles. The van der Waals surface area contributed by atoms with Crippen LogP contribution in [-0.4, -0.2) is 31.3 Å². The van der Waals surface area contributed by atoms with Crippen molar-refractivity contribution in [1.29, 1.82) is 0 Å². The summed E-state index contributed by atoms with van der Waals surface area (Å²) in [7, 11) is 4.14. The Bertz CT molecular complexity index is 150. The van der Waals surface area contributed by atoms with Gasteiger partial charge in [-0.25, -0.2) is 0 Å². The van der Waals surface area contributed by atoms with Crippen LogP contribution in [0.25, 0.3) is 0 Å². The summed E-state index contributed by atoms with van der Waals surface area (Å²) in [6, 6.07) is 3.79. The Balaban J connectivity index is 0. The fourth-order valence-corrected chi connectivity index (χ4v) is 0.361. The molecule has 0 fully saturated rings. The molecular formula is C9H20O3Si. The molecule has 1 heterocycles. The molecule has 0 N–H and O–H groups in total. The summed E-state index contributed by atoms with van der Waals surface area (Å²) in [6.45, 7) is 4.79. The largest absolute Gasteiger partial charge is 0.470 e. The molecule has 1 rings (SSSR count). The molecule has 0 aromatic carbocycles. The Morgan fingerprint density at radius 3 is 2.00 bits per heavy atom. The fourth-order valence-electron chi connectivity index (χ4n) is 0.361. The number of hydrogen-bond donors (Lipinski definition) is 0. The highest BCUT2D eigenvalue weighted by atomic mass is 28.2. The van der Waals surface area contributed by atoms with Gasteiger partial charge >= 0.3 is 0 Å². The zero-order valence-electron chi connectivity index (χ0n) is 9.16. The Labute approximate surface area is 83.6 Å². The molecule has 0 atom stereocenters. The van der Waals surface area contributed by atoms with Crippen molar-refractivity contribution >= 4 is 10.5 Å². The van der Waals surface area contributed by atoms with Crippen LogP contribution in [0, 0.1) is 6.92 Å². The Kier molecular flexibility index (Phi) is 16.0. The molecule has 0 radical (unpaired) electrons. The van der Waals surface area contributed by atoms with Crippen LogP contribution < -0.4 is 0 Å². The lowest BCUT2D eigenvalue weighted by molar-refractivity contribution is 0.277. The number of ether oxygens (including phenoxy) is 1. The normalized spacial score (nSPS) is 8.00. The van der Waals surface area contributed by atoms with Crippen molar-refractivity contribution < 1.29 is 13.6 Å². The molecule has 0 saturated heterocycles. The minimum atomic E-state index is 0.881. The lowest BCUT2D eigenvalue weighted by Crippen LogP contribution is -1.76. The van der Waals surface area contributed by atoms with Crippen molar-refractivity contribution in [3.63, 3.8) is 0 Å². The van der Waals surface area contributed by atoms with Gasteiger partial charge in [0.25, 0.3) is 0 Å². The Morgan fingerprint density at radius 2 is 1.92 bits per heavy atom. The quantitative estimate of drug-likeness (QED) is 0.643. The number of methoxy groups -OCH3 is 1. The van der Waals surface area contributed by atoms with E-state index in [0.29, 0.717) is 0 Å². The van der Waals surface area contributed by atoms with Gasteiger partial charge in [0.2, 0.25) is 0 Å². The summed E-state index contributed by atoms with van der Waals surface area (Å²) >= 11 is 0. The summed E-state index contributed by atoms with van der Waals surface area (Å²) in [5, 5.41) is 0. The minimum absolute atomic E-state index is 0.881. The molecular weight excluding hydrogens is 184 g/mol. The van der Waals surface area contributed by atoms with Crippen molar-refractivity contribution in [3.8, 4) is 0 Å². The van der Waals surface area contributed by atoms with Crippen molar-refractivity contribution in [1.82, 2.24) is 0 Å². The molecule has 1 aromatic rings. The smallest absolute Gasteiger partial charge is 0.145 e. The third-order valence-electron chi connectivity index (χ3n) is 0.952. The summed E-state index contributed by atoms with van der Waals surface area (Å²) < 4.78 is 13.8. The molecule has 0 unspecified atom stereocenters. The summed E-state index contributed by atoms with van der Waals surface area (Å²) in [6.07, 6.45) is 1.66. The van der Waals surface area contributed by atoms with Crippen molar-refractivity contribution in [2.24, 2.45) is 0 Å². The van der Waals surface area contributed by atoms with Crippen LogP contribution in [0.3, 0.4) is 0 Å². The van der Waals surface area contributed by atoms with E-state index in [4.69, 9.17) is 4.42 Å². The molecule has 0 aliphatic rings. The van der Waals surface area contributed by atoms with E-state index in [1.165, 1.54) is 0 Å². The lowest BCUT2D eigenvalue weighted by atomic mass is 10.5. The second-order valence-electron chi connectivity index (χ2n) is 2.21. The van der Waals surface area contributed by atoms with E-state index in [1.807, 2.05) is 26.0 Å². The predicted octanol–water partition coefficient (Wildman–Crippen LogP) is 1.15. The van der Waals surface area contributed by atoms with Gasteiger partial charge in [-0.2, -0.15) is 0 Å². The minimum Gasteiger partial charge on any atom is -0.470 e. The first-order valence-electron chi connectivity index (χ1n) is 4.12. The maximum Gasteiger partial charge on any atom is 0.145 e. The highest BCUT2D eigenvalue weighted by molar-refractivity contribution is 5.97. The van der Waals surface area contributed by atoms with Gasteiger partial charge in [-0.05, 0) is 26.0 Å². The van der Waals surface area contributed by atoms with Crippen molar-refractivity contribution in [3.05, 3.63) is 24.2 Å². The van der Waals surface area contributed by atoms with E-state index in [2.05, 4.69) is 9.16 Å². The Morgan fingerprint density at radius 1 is 1.46 bits per heavy atom. The van der Waals surface area contributed by atoms with Gasteiger partial charge in [-0.1, -0.05) is 0 Å². The van der Waals surface area contributed by atoms with Gasteiger partial charge in [0.05, 0.1) is 6.26 Å². The second kappa shape index (κ2) is 14.0. The topological polar surface area (TPSA) is 31.6 Å². The van der Waals surface area contributed by atoms with E-state index < -0.39 is 0 Å². The molecule has 0 saturated carbocycles. The zero-order chi connectivity index (χ0) is 10.5. The predicted molar refractivity (Wildman–Crippen MR) is 57.9 cm³/mol. The number of furan rings is 1. The zero-order valence-corrected chi connectivity index (χ0v) is 11.2. The Hall–Kier alpha value is -0.583. The number of hydrogen-bond acceptors (Lipinski definition) is 3. The van der Waals surface area contributed by atoms with Crippen molar-refractivity contribution in [2.45, 2.75) is 13.8 Å². The van der Waals surface area contributed by atoms with E-state index in [1.54, 1.807) is 20.5 Å². The molecule has 0 spiro atoms. The van der Waals surface area contributed by atoms with Gasteiger partial charge in [-0.15, -0.1) is 0 Å². The maximum atomic E-state index is 4.83. The van der Waals surface area contributed by atoms with E-state index in [0.717, 1.165) is 22.9 Å². The third kappa shape index (κ3) is 18.4. The summed E-state index contributed by atoms with van der Waals surface area (Å²) in [5.41, 5.74) is 0. The average Bonchev–Trinajstić information content (AvgIpc) is 2.58.